The summed E-state index contributed by atoms with van der Waals surface area (Å²) in [6.45, 7) is 0. The Hall–Kier alpha value is -1.49. The van der Waals surface area contributed by atoms with E-state index >= 15 is 0 Å². The van der Waals surface area contributed by atoms with Crippen LogP contribution in [0.15, 0.2) is 18.2 Å². The number of halogens is 2. The number of amides is 1. The molecule has 2 heterocycles. The third kappa shape index (κ3) is 2.82. The van der Waals surface area contributed by atoms with Gasteiger partial charge in [-0.3, -0.25) is 4.79 Å². The second-order valence-electron chi connectivity index (χ2n) is 5.82. The molecule has 20 heavy (non-hydrogen) atoms. The molecule has 2 unspecified atom stereocenters. The maximum absolute atomic E-state index is 13.5. The fraction of sp³-hybridized carbons (Fsp3) is 0.533. The van der Waals surface area contributed by atoms with Gasteiger partial charge in [-0.25, -0.2) is 8.78 Å². The molecule has 2 aliphatic heterocycles. The van der Waals surface area contributed by atoms with Crippen molar-refractivity contribution in [3.63, 3.8) is 0 Å². The number of carbonyl (C=O) groups is 1. The van der Waals surface area contributed by atoms with Crippen molar-refractivity contribution >= 4 is 11.6 Å². The molecule has 0 aliphatic carbocycles. The molecule has 2 atom stereocenters. The third-order valence-electron chi connectivity index (χ3n) is 4.27. The van der Waals surface area contributed by atoms with Crippen LogP contribution in [-0.2, 0) is 4.79 Å². The van der Waals surface area contributed by atoms with Gasteiger partial charge in [-0.15, -0.1) is 0 Å². The molecule has 2 fully saturated rings. The maximum Gasteiger partial charge on any atom is 0.224 e. The predicted molar refractivity (Wildman–Crippen MR) is 72.3 cm³/mol. The summed E-state index contributed by atoms with van der Waals surface area (Å²) >= 11 is 0. The van der Waals surface area contributed by atoms with Crippen LogP contribution < -0.4 is 10.6 Å². The monoisotopic (exact) mass is 280 g/mol. The summed E-state index contributed by atoms with van der Waals surface area (Å²) in [6.07, 6.45) is 4.63. The van der Waals surface area contributed by atoms with Crippen molar-refractivity contribution in [1.82, 2.24) is 5.32 Å². The van der Waals surface area contributed by atoms with Crippen LogP contribution in [0.2, 0.25) is 0 Å². The standard InChI is InChI=1S/C15H18F2N2O/c16-12-2-1-3-13(17)15(12)19-14(20)8-9-6-10-4-5-11(7-9)18-10/h1-3,9-11,18H,4-8H2,(H,19,20). The van der Waals surface area contributed by atoms with Gasteiger partial charge in [-0.1, -0.05) is 6.07 Å². The summed E-state index contributed by atoms with van der Waals surface area (Å²) in [7, 11) is 0. The van der Waals surface area contributed by atoms with Crippen LogP contribution in [0.3, 0.4) is 0 Å². The summed E-state index contributed by atoms with van der Waals surface area (Å²) in [5.74, 6) is -1.46. The van der Waals surface area contributed by atoms with Crippen molar-refractivity contribution in [2.75, 3.05) is 5.32 Å². The van der Waals surface area contributed by atoms with Crippen LogP contribution in [0, 0.1) is 17.6 Å². The van der Waals surface area contributed by atoms with Crippen molar-refractivity contribution in [1.29, 1.82) is 0 Å². The van der Waals surface area contributed by atoms with Gasteiger partial charge in [-0.05, 0) is 43.7 Å². The molecule has 0 spiro atoms. The number of rotatable bonds is 3. The van der Waals surface area contributed by atoms with Gasteiger partial charge in [0.25, 0.3) is 0 Å². The van der Waals surface area contributed by atoms with E-state index < -0.39 is 11.6 Å². The zero-order valence-electron chi connectivity index (χ0n) is 11.2. The lowest BCUT2D eigenvalue weighted by Gasteiger charge is -2.28. The summed E-state index contributed by atoms with van der Waals surface area (Å²) in [5, 5.41) is 5.88. The number of fused-ring (bicyclic) bond motifs is 2. The van der Waals surface area contributed by atoms with Gasteiger partial charge in [0.1, 0.15) is 17.3 Å². The minimum Gasteiger partial charge on any atom is -0.321 e. The van der Waals surface area contributed by atoms with E-state index in [9.17, 15) is 13.6 Å². The number of hydrogen-bond donors (Lipinski definition) is 2. The first-order chi connectivity index (χ1) is 9.61. The van der Waals surface area contributed by atoms with Crippen molar-refractivity contribution in [3.05, 3.63) is 29.8 Å². The van der Waals surface area contributed by atoms with Gasteiger partial charge < -0.3 is 10.6 Å². The molecule has 1 amide bonds. The molecular weight excluding hydrogens is 262 g/mol. The van der Waals surface area contributed by atoms with Crippen molar-refractivity contribution in [3.8, 4) is 0 Å². The summed E-state index contributed by atoms with van der Waals surface area (Å²) in [6, 6.07) is 4.59. The molecule has 1 aromatic rings. The fourth-order valence-electron chi connectivity index (χ4n) is 3.41. The number of hydrogen-bond acceptors (Lipinski definition) is 2. The van der Waals surface area contributed by atoms with Gasteiger partial charge in [-0.2, -0.15) is 0 Å². The molecule has 2 bridgehead atoms. The molecule has 2 N–H and O–H groups in total. The second kappa shape index (κ2) is 5.48. The molecule has 3 nitrogen and oxygen atoms in total. The lowest BCUT2D eigenvalue weighted by Crippen LogP contribution is -2.39. The first-order valence-electron chi connectivity index (χ1n) is 7.11. The SMILES string of the molecule is O=C(CC1CC2CCC(C1)N2)Nc1c(F)cccc1F. The topological polar surface area (TPSA) is 41.1 Å². The number of piperidine rings is 1. The summed E-state index contributed by atoms with van der Waals surface area (Å²) in [5.41, 5.74) is -0.339. The van der Waals surface area contributed by atoms with Crippen LogP contribution in [0.1, 0.15) is 32.1 Å². The molecule has 2 saturated heterocycles. The average molecular weight is 280 g/mol. The van der Waals surface area contributed by atoms with Gasteiger partial charge in [0.05, 0.1) is 0 Å². The van der Waals surface area contributed by atoms with Crippen molar-refractivity contribution < 1.29 is 13.6 Å². The number of carbonyl (C=O) groups excluding carboxylic acids is 1. The Labute approximate surface area is 116 Å². The molecular formula is C15H18F2N2O. The number of anilines is 1. The van der Waals surface area contributed by atoms with Gasteiger partial charge in [0.15, 0.2) is 0 Å². The van der Waals surface area contributed by atoms with E-state index in [1.54, 1.807) is 0 Å². The summed E-state index contributed by atoms with van der Waals surface area (Å²) < 4.78 is 26.9. The predicted octanol–water partition coefficient (Wildman–Crippen LogP) is 2.82. The first-order valence-corrected chi connectivity index (χ1v) is 7.11. The molecule has 5 heteroatoms. The average Bonchev–Trinajstić information content (AvgIpc) is 2.73. The Morgan fingerprint density at radius 2 is 1.80 bits per heavy atom. The van der Waals surface area contributed by atoms with E-state index in [-0.39, 0.29) is 11.6 Å². The Morgan fingerprint density at radius 3 is 2.40 bits per heavy atom. The minimum atomic E-state index is -0.733. The molecule has 1 aromatic carbocycles. The molecule has 108 valence electrons. The van der Waals surface area contributed by atoms with Crippen LogP contribution >= 0.6 is 0 Å². The van der Waals surface area contributed by atoms with E-state index in [0.717, 1.165) is 25.0 Å². The second-order valence-corrected chi connectivity index (χ2v) is 5.82. The Bertz CT molecular complexity index is 488. The van der Waals surface area contributed by atoms with Crippen molar-refractivity contribution in [2.24, 2.45) is 5.92 Å². The molecule has 0 radical (unpaired) electrons. The lowest BCUT2D eigenvalue weighted by molar-refractivity contribution is -0.117. The Kier molecular flexibility index (Phi) is 3.70. The maximum atomic E-state index is 13.5. The van der Waals surface area contributed by atoms with Gasteiger partial charge in [0.2, 0.25) is 5.91 Å². The van der Waals surface area contributed by atoms with Crippen LogP contribution in [0.4, 0.5) is 14.5 Å². The van der Waals surface area contributed by atoms with E-state index in [1.807, 2.05) is 0 Å². The molecule has 2 aliphatic rings. The molecule has 0 aromatic heterocycles. The summed E-state index contributed by atoms with van der Waals surface area (Å²) in [4.78, 5) is 12.0. The van der Waals surface area contributed by atoms with E-state index in [0.29, 0.717) is 24.4 Å². The highest BCUT2D eigenvalue weighted by atomic mass is 19.1. The zero-order valence-corrected chi connectivity index (χ0v) is 11.2. The highest BCUT2D eigenvalue weighted by Gasteiger charge is 2.34. The zero-order chi connectivity index (χ0) is 14.1. The number of para-hydroxylation sites is 1. The smallest absolute Gasteiger partial charge is 0.224 e. The number of benzene rings is 1. The highest BCUT2D eigenvalue weighted by Crippen LogP contribution is 2.33. The normalized spacial score (nSPS) is 28.4. The van der Waals surface area contributed by atoms with E-state index in [4.69, 9.17) is 0 Å². The Balaban J connectivity index is 1.60. The largest absolute Gasteiger partial charge is 0.321 e. The van der Waals surface area contributed by atoms with Crippen molar-refractivity contribution in [2.45, 2.75) is 44.2 Å². The highest BCUT2D eigenvalue weighted by molar-refractivity contribution is 5.91. The molecule has 3 rings (SSSR count). The van der Waals surface area contributed by atoms with E-state index in [2.05, 4.69) is 10.6 Å². The van der Waals surface area contributed by atoms with E-state index in [1.165, 1.54) is 18.9 Å². The first kappa shape index (κ1) is 13.5. The molecule has 0 saturated carbocycles. The fourth-order valence-corrected chi connectivity index (χ4v) is 3.41. The van der Waals surface area contributed by atoms with Gasteiger partial charge in [0, 0.05) is 18.5 Å². The van der Waals surface area contributed by atoms with Crippen LogP contribution in [0.25, 0.3) is 0 Å². The van der Waals surface area contributed by atoms with Crippen LogP contribution in [-0.4, -0.2) is 18.0 Å². The quantitative estimate of drug-likeness (QED) is 0.894. The van der Waals surface area contributed by atoms with Gasteiger partial charge >= 0.3 is 0 Å². The Morgan fingerprint density at radius 1 is 1.20 bits per heavy atom. The minimum absolute atomic E-state index is 0.305. The van der Waals surface area contributed by atoms with Crippen LogP contribution in [0.5, 0.6) is 0 Å². The lowest BCUT2D eigenvalue weighted by atomic mass is 9.89. The third-order valence-corrected chi connectivity index (χ3v) is 4.27. The number of nitrogens with one attached hydrogen (secondary N) is 2.